The van der Waals surface area contributed by atoms with Gasteiger partial charge < -0.3 is 25.2 Å². The Morgan fingerprint density at radius 3 is 2.27 bits per heavy atom. The number of nitrogens with one attached hydrogen (secondary N) is 1. The molecule has 1 heterocycles. The van der Waals surface area contributed by atoms with Crippen LogP contribution in [-0.2, 0) is 14.8 Å². The van der Waals surface area contributed by atoms with E-state index in [0.717, 1.165) is 5.56 Å². The van der Waals surface area contributed by atoms with Crippen molar-refractivity contribution in [1.82, 2.24) is 4.72 Å². The Hall–Kier alpha value is -1.07. The van der Waals surface area contributed by atoms with Crippen molar-refractivity contribution < 1.29 is 33.6 Å². The number of hydrogen-bond donors (Lipinski definition) is 5. The monoisotopic (exact) mass is 333 g/mol. The predicted octanol–water partition coefficient (Wildman–Crippen LogP) is -1.93. The molecule has 3 unspecified atom stereocenters. The number of hydrogen-bond acceptors (Lipinski definition) is 7. The van der Waals surface area contributed by atoms with Gasteiger partial charge in [0.25, 0.3) is 0 Å². The van der Waals surface area contributed by atoms with Crippen LogP contribution >= 0.6 is 0 Å². The van der Waals surface area contributed by atoms with E-state index in [2.05, 4.69) is 4.72 Å². The van der Waals surface area contributed by atoms with E-state index < -0.39 is 47.3 Å². The normalized spacial score (nSPS) is 32.9. The van der Waals surface area contributed by atoms with E-state index in [9.17, 15) is 23.7 Å². The molecule has 0 saturated carbocycles. The van der Waals surface area contributed by atoms with Gasteiger partial charge in [0.1, 0.15) is 24.4 Å². The average molecular weight is 333 g/mol. The van der Waals surface area contributed by atoms with Crippen molar-refractivity contribution in [3.8, 4) is 0 Å². The lowest BCUT2D eigenvalue weighted by Gasteiger charge is -2.40. The summed E-state index contributed by atoms with van der Waals surface area (Å²) in [6.07, 6.45) is -6.04. The summed E-state index contributed by atoms with van der Waals surface area (Å²) in [5.41, 5.74) is 0.876. The van der Waals surface area contributed by atoms with Gasteiger partial charge in [-0.2, -0.15) is 0 Å². The molecular weight excluding hydrogens is 314 g/mol. The van der Waals surface area contributed by atoms with Crippen LogP contribution < -0.4 is 4.72 Å². The second-order valence-electron chi connectivity index (χ2n) is 5.19. The molecule has 1 aliphatic heterocycles. The zero-order valence-corrected chi connectivity index (χ0v) is 12.6. The van der Waals surface area contributed by atoms with Crippen molar-refractivity contribution in [2.45, 2.75) is 42.5 Å². The highest BCUT2D eigenvalue weighted by Crippen LogP contribution is 2.21. The van der Waals surface area contributed by atoms with Crippen molar-refractivity contribution >= 4 is 10.0 Å². The molecule has 0 spiro atoms. The average Bonchev–Trinajstić information content (AvgIpc) is 2.48. The van der Waals surface area contributed by atoms with E-state index in [-0.39, 0.29) is 4.90 Å². The third-order valence-corrected chi connectivity index (χ3v) is 5.00. The molecule has 1 aromatic carbocycles. The molecule has 124 valence electrons. The molecule has 5 N–H and O–H groups in total. The maximum Gasteiger partial charge on any atom is 0.241 e. The molecule has 5 atom stereocenters. The van der Waals surface area contributed by atoms with E-state index >= 15 is 0 Å². The minimum absolute atomic E-state index is 0.0451. The fraction of sp³-hybridized carbons (Fsp3) is 0.538. The second-order valence-corrected chi connectivity index (χ2v) is 6.90. The van der Waals surface area contributed by atoms with E-state index in [1.165, 1.54) is 12.1 Å². The summed E-state index contributed by atoms with van der Waals surface area (Å²) in [6.45, 7) is 1.18. The number of ether oxygens (including phenoxy) is 1. The van der Waals surface area contributed by atoms with Gasteiger partial charge in [0, 0.05) is 0 Å². The van der Waals surface area contributed by atoms with Gasteiger partial charge in [-0.3, -0.25) is 0 Å². The fourth-order valence-electron chi connectivity index (χ4n) is 2.19. The first-order valence-corrected chi connectivity index (χ1v) is 8.14. The molecule has 1 saturated heterocycles. The summed E-state index contributed by atoms with van der Waals surface area (Å²) in [4.78, 5) is -0.0451. The van der Waals surface area contributed by atoms with Crippen LogP contribution in [0.5, 0.6) is 0 Å². The molecule has 1 fully saturated rings. The van der Waals surface area contributed by atoms with Crippen LogP contribution in [0, 0.1) is 6.92 Å². The van der Waals surface area contributed by atoms with Crippen LogP contribution in [0.3, 0.4) is 0 Å². The summed E-state index contributed by atoms with van der Waals surface area (Å²) in [5, 5.41) is 38.4. The maximum atomic E-state index is 12.2. The standard InChI is InChI=1S/C13H19NO7S/c1-7-2-4-8(5-3-7)22(19,20)14-10-12(17)11(16)9(6-15)21-13(10)18/h2-5,9-18H,6H2,1H3/t9?,10-,11?,12+,13?/m0/s1. The third kappa shape index (κ3) is 3.46. The highest BCUT2D eigenvalue weighted by molar-refractivity contribution is 7.89. The Labute approximate surface area is 128 Å². The highest BCUT2D eigenvalue weighted by Gasteiger charge is 2.45. The van der Waals surface area contributed by atoms with Crippen molar-refractivity contribution in [2.24, 2.45) is 0 Å². The summed E-state index contributed by atoms with van der Waals surface area (Å²) in [6, 6.07) is 4.52. The molecule has 0 aliphatic carbocycles. The number of aryl methyl sites for hydroxylation is 1. The van der Waals surface area contributed by atoms with Crippen molar-refractivity contribution in [1.29, 1.82) is 0 Å². The molecule has 9 heteroatoms. The van der Waals surface area contributed by atoms with Gasteiger partial charge in [-0.15, -0.1) is 0 Å². The lowest BCUT2D eigenvalue weighted by Crippen LogP contribution is -2.64. The Kier molecular flexibility index (Phi) is 5.17. The molecule has 0 aromatic heterocycles. The first-order valence-electron chi connectivity index (χ1n) is 6.66. The molecule has 22 heavy (non-hydrogen) atoms. The topological polar surface area (TPSA) is 136 Å². The van der Waals surface area contributed by atoms with E-state index in [0.29, 0.717) is 0 Å². The van der Waals surface area contributed by atoms with Gasteiger partial charge in [0.2, 0.25) is 10.0 Å². The van der Waals surface area contributed by atoms with E-state index in [1.807, 2.05) is 0 Å². The van der Waals surface area contributed by atoms with Gasteiger partial charge in [-0.25, -0.2) is 13.1 Å². The van der Waals surface area contributed by atoms with Crippen LogP contribution in [0.25, 0.3) is 0 Å². The first-order chi connectivity index (χ1) is 10.3. The van der Waals surface area contributed by atoms with Gasteiger partial charge in [0.15, 0.2) is 6.29 Å². The summed E-state index contributed by atoms with van der Waals surface area (Å²) in [5.74, 6) is 0. The SMILES string of the molecule is Cc1ccc(S(=O)(=O)N[C@@H]2C(O)OC(CO)C(O)[C@@H]2O)cc1. The lowest BCUT2D eigenvalue weighted by molar-refractivity contribution is -0.251. The third-order valence-electron chi connectivity index (χ3n) is 3.52. The lowest BCUT2D eigenvalue weighted by atomic mass is 9.98. The van der Waals surface area contributed by atoms with Gasteiger partial charge >= 0.3 is 0 Å². The van der Waals surface area contributed by atoms with Crippen molar-refractivity contribution in [3.05, 3.63) is 29.8 Å². The zero-order valence-electron chi connectivity index (χ0n) is 11.8. The van der Waals surface area contributed by atoms with Crippen molar-refractivity contribution in [3.63, 3.8) is 0 Å². The number of sulfonamides is 1. The first kappa shape index (κ1) is 17.3. The number of benzene rings is 1. The van der Waals surface area contributed by atoms with Gasteiger partial charge in [-0.05, 0) is 19.1 Å². The molecule has 1 aliphatic rings. The Balaban J connectivity index is 2.20. The largest absolute Gasteiger partial charge is 0.394 e. The summed E-state index contributed by atoms with van der Waals surface area (Å²) in [7, 11) is -4.01. The van der Waals surface area contributed by atoms with E-state index in [1.54, 1.807) is 19.1 Å². The smallest absolute Gasteiger partial charge is 0.241 e. The number of aliphatic hydroxyl groups excluding tert-OH is 4. The number of rotatable bonds is 4. The Morgan fingerprint density at radius 1 is 1.14 bits per heavy atom. The summed E-state index contributed by atoms with van der Waals surface area (Å²) < 4.78 is 31.5. The van der Waals surface area contributed by atoms with Gasteiger partial charge in [0.05, 0.1) is 11.5 Å². The molecule has 0 amide bonds. The second kappa shape index (κ2) is 6.59. The number of aliphatic hydroxyl groups is 4. The summed E-state index contributed by atoms with van der Waals surface area (Å²) >= 11 is 0. The Morgan fingerprint density at radius 2 is 1.73 bits per heavy atom. The minimum atomic E-state index is -4.01. The fourth-order valence-corrected chi connectivity index (χ4v) is 3.43. The molecule has 0 radical (unpaired) electrons. The molecule has 1 aromatic rings. The molecule has 8 nitrogen and oxygen atoms in total. The predicted molar refractivity (Wildman–Crippen MR) is 75.3 cm³/mol. The molecular formula is C13H19NO7S. The van der Waals surface area contributed by atoms with Crippen LogP contribution in [0.2, 0.25) is 0 Å². The maximum absolute atomic E-state index is 12.2. The van der Waals surface area contributed by atoms with Crippen molar-refractivity contribution in [2.75, 3.05) is 6.61 Å². The quantitative estimate of drug-likeness (QED) is 0.433. The van der Waals surface area contributed by atoms with E-state index in [4.69, 9.17) is 9.84 Å². The zero-order chi connectivity index (χ0) is 16.5. The van der Waals surface area contributed by atoms with Crippen LogP contribution in [0.1, 0.15) is 5.56 Å². The minimum Gasteiger partial charge on any atom is -0.394 e. The van der Waals surface area contributed by atoms with Gasteiger partial charge in [-0.1, -0.05) is 17.7 Å². The molecule has 0 bridgehead atoms. The van der Waals surface area contributed by atoms with Crippen LogP contribution in [-0.4, -0.2) is 66.1 Å². The Bertz CT molecular complexity index is 603. The van der Waals surface area contributed by atoms with Crippen LogP contribution in [0.4, 0.5) is 0 Å². The van der Waals surface area contributed by atoms with Crippen LogP contribution in [0.15, 0.2) is 29.2 Å². The highest BCUT2D eigenvalue weighted by atomic mass is 32.2. The molecule has 2 rings (SSSR count).